The van der Waals surface area contributed by atoms with Gasteiger partial charge in [0.15, 0.2) is 0 Å². The third kappa shape index (κ3) is 2.13. The summed E-state index contributed by atoms with van der Waals surface area (Å²) in [5.41, 5.74) is 5.23. The molecular formula is C17H21N. The van der Waals surface area contributed by atoms with E-state index in [1.807, 2.05) is 12.2 Å². The average molecular weight is 239 g/mol. The van der Waals surface area contributed by atoms with E-state index in [0.717, 1.165) is 6.42 Å². The molecule has 0 amide bonds. The van der Waals surface area contributed by atoms with Gasteiger partial charge in [-0.25, -0.2) is 0 Å². The molecule has 0 spiro atoms. The first-order valence-corrected chi connectivity index (χ1v) is 6.53. The lowest BCUT2D eigenvalue weighted by Crippen LogP contribution is -2.24. The summed E-state index contributed by atoms with van der Waals surface area (Å²) < 4.78 is 0. The molecular weight excluding hydrogens is 218 g/mol. The zero-order chi connectivity index (χ0) is 13.1. The lowest BCUT2D eigenvalue weighted by Gasteiger charge is -2.14. The summed E-state index contributed by atoms with van der Waals surface area (Å²) in [5.74, 6) is 0.365. The van der Waals surface area contributed by atoms with Crippen LogP contribution in [0.2, 0.25) is 0 Å². The molecule has 1 aliphatic rings. The minimum Gasteiger partial charge on any atom is -0.377 e. The molecule has 1 heterocycles. The Morgan fingerprint density at radius 3 is 2.33 bits per heavy atom. The van der Waals surface area contributed by atoms with Gasteiger partial charge < -0.3 is 5.32 Å². The number of hydrogen-bond acceptors (Lipinski definition) is 1. The van der Waals surface area contributed by atoms with Crippen molar-refractivity contribution in [2.24, 2.45) is 5.92 Å². The summed E-state index contributed by atoms with van der Waals surface area (Å²) in [6, 6.07) is 8.94. The molecule has 1 aromatic carbocycles. The second-order valence-electron chi connectivity index (χ2n) is 4.79. The van der Waals surface area contributed by atoms with Gasteiger partial charge in [-0.1, -0.05) is 48.9 Å². The molecule has 2 rings (SSSR count). The predicted molar refractivity (Wildman–Crippen MR) is 79.2 cm³/mol. The van der Waals surface area contributed by atoms with Crippen LogP contribution in [0.4, 0.5) is 0 Å². The van der Waals surface area contributed by atoms with Crippen LogP contribution in [0.3, 0.4) is 0 Å². The van der Waals surface area contributed by atoms with Crippen LogP contribution in [0.5, 0.6) is 0 Å². The molecule has 2 unspecified atom stereocenters. The minimum absolute atomic E-state index is 0.272. The molecule has 0 fully saturated rings. The molecule has 0 saturated carbocycles. The Morgan fingerprint density at radius 2 is 1.83 bits per heavy atom. The molecule has 0 aliphatic carbocycles. The molecule has 1 heteroatoms. The fourth-order valence-electron chi connectivity index (χ4n) is 2.63. The zero-order valence-corrected chi connectivity index (χ0v) is 11.2. The van der Waals surface area contributed by atoms with E-state index in [0.29, 0.717) is 5.92 Å². The maximum atomic E-state index is 3.96. The van der Waals surface area contributed by atoms with Crippen LogP contribution < -0.4 is 5.32 Å². The fourth-order valence-corrected chi connectivity index (χ4v) is 2.63. The second kappa shape index (κ2) is 5.26. The van der Waals surface area contributed by atoms with Gasteiger partial charge in [0.2, 0.25) is 0 Å². The van der Waals surface area contributed by atoms with Crippen molar-refractivity contribution >= 4 is 5.70 Å². The predicted octanol–water partition coefficient (Wildman–Crippen LogP) is 4.08. The Morgan fingerprint density at radius 1 is 1.17 bits per heavy atom. The topological polar surface area (TPSA) is 12.0 Å². The first kappa shape index (κ1) is 12.7. The third-order valence-electron chi connectivity index (χ3n) is 3.65. The Labute approximate surface area is 110 Å². The molecule has 0 radical (unpaired) electrons. The quantitative estimate of drug-likeness (QED) is 0.781. The maximum absolute atomic E-state index is 3.96. The lowest BCUT2D eigenvalue weighted by molar-refractivity contribution is 0.633. The van der Waals surface area contributed by atoms with E-state index in [4.69, 9.17) is 0 Å². The van der Waals surface area contributed by atoms with Gasteiger partial charge in [0.1, 0.15) is 0 Å². The highest BCUT2D eigenvalue weighted by molar-refractivity contribution is 5.71. The summed E-state index contributed by atoms with van der Waals surface area (Å²) >= 11 is 0. The van der Waals surface area contributed by atoms with E-state index in [1.165, 1.54) is 22.4 Å². The molecule has 1 nitrogen and oxygen atoms in total. The van der Waals surface area contributed by atoms with Gasteiger partial charge in [-0.05, 0) is 24.5 Å². The summed E-state index contributed by atoms with van der Waals surface area (Å²) in [7, 11) is 0. The smallest absolute Gasteiger partial charge is 0.0542 e. The van der Waals surface area contributed by atoms with Gasteiger partial charge in [0.25, 0.3) is 0 Å². The SMILES string of the molecule is C=CC1NC(c2ccc(C)cc2)=C(CC)C1C=C. The van der Waals surface area contributed by atoms with Crippen LogP contribution in [0.25, 0.3) is 5.70 Å². The van der Waals surface area contributed by atoms with E-state index >= 15 is 0 Å². The third-order valence-corrected chi connectivity index (χ3v) is 3.65. The molecule has 2 atom stereocenters. The van der Waals surface area contributed by atoms with Gasteiger partial charge in [-0.3, -0.25) is 0 Å². The lowest BCUT2D eigenvalue weighted by atomic mass is 9.91. The normalized spacial score (nSPS) is 22.8. The van der Waals surface area contributed by atoms with E-state index in [2.05, 4.69) is 56.6 Å². The van der Waals surface area contributed by atoms with Crippen LogP contribution in [-0.2, 0) is 0 Å². The van der Waals surface area contributed by atoms with Gasteiger partial charge in [0, 0.05) is 11.6 Å². The van der Waals surface area contributed by atoms with Gasteiger partial charge in [-0.2, -0.15) is 0 Å². The number of benzene rings is 1. The highest BCUT2D eigenvalue weighted by Crippen LogP contribution is 2.34. The fraction of sp³-hybridized carbons (Fsp3) is 0.294. The maximum Gasteiger partial charge on any atom is 0.0542 e. The zero-order valence-electron chi connectivity index (χ0n) is 11.2. The van der Waals surface area contributed by atoms with E-state index in [9.17, 15) is 0 Å². The largest absolute Gasteiger partial charge is 0.377 e. The molecule has 0 saturated heterocycles. The van der Waals surface area contributed by atoms with Crippen molar-refractivity contribution in [2.45, 2.75) is 26.3 Å². The highest BCUT2D eigenvalue weighted by atomic mass is 15.0. The first-order chi connectivity index (χ1) is 8.71. The van der Waals surface area contributed by atoms with Crippen LogP contribution in [0.1, 0.15) is 24.5 Å². The first-order valence-electron chi connectivity index (χ1n) is 6.53. The monoisotopic (exact) mass is 239 g/mol. The highest BCUT2D eigenvalue weighted by Gasteiger charge is 2.29. The molecule has 1 aromatic rings. The van der Waals surface area contributed by atoms with Crippen molar-refractivity contribution in [3.05, 3.63) is 66.3 Å². The summed E-state index contributed by atoms with van der Waals surface area (Å²) in [6.45, 7) is 12.2. The van der Waals surface area contributed by atoms with E-state index in [-0.39, 0.29) is 6.04 Å². The summed E-state index contributed by atoms with van der Waals surface area (Å²) in [6.07, 6.45) is 5.04. The number of rotatable bonds is 4. The van der Waals surface area contributed by atoms with Crippen molar-refractivity contribution in [1.29, 1.82) is 0 Å². The van der Waals surface area contributed by atoms with Crippen molar-refractivity contribution < 1.29 is 0 Å². The van der Waals surface area contributed by atoms with Crippen molar-refractivity contribution in [1.82, 2.24) is 5.32 Å². The molecule has 94 valence electrons. The van der Waals surface area contributed by atoms with Crippen molar-refractivity contribution in [3.63, 3.8) is 0 Å². The molecule has 18 heavy (non-hydrogen) atoms. The Balaban J connectivity index is 2.43. The Bertz CT molecular complexity index is 479. The van der Waals surface area contributed by atoms with E-state index in [1.54, 1.807) is 0 Å². The van der Waals surface area contributed by atoms with Gasteiger partial charge in [0.05, 0.1) is 6.04 Å². The Kier molecular flexibility index (Phi) is 3.71. The summed E-state index contributed by atoms with van der Waals surface area (Å²) in [5, 5.41) is 3.57. The average Bonchev–Trinajstić information content (AvgIpc) is 2.77. The molecule has 0 aromatic heterocycles. The molecule has 1 N–H and O–H groups in total. The minimum atomic E-state index is 0.272. The van der Waals surface area contributed by atoms with Gasteiger partial charge >= 0.3 is 0 Å². The standard InChI is InChI=1S/C17H21N/c1-5-14-15(6-2)17(18-16(14)7-3)13-10-8-12(4)9-11-13/h5,7-11,14,16,18H,1,3,6H2,2,4H3. The van der Waals surface area contributed by atoms with Gasteiger partial charge in [-0.15, -0.1) is 13.2 Å². The van der Waals surface area contributed by atoms with Crippen LogP contribution in [0.15, 0.2) is 55.1 Å². The van der Waals surface area contributed by atoms with Crippen LogP contribution in [-0.4, -0.2) is 6.04 Å². The molecule has 0 bridgehead atoms. The summed E-state index contributed by atoms with van der Waals surface area (Å²) in [4.78, 5) is 0. The van der Waals surface area contributed by atoms with Crippen LogP contribution in [0, 0.1) is 12.8 Å². The Hall–Kier alpha value is -1.76. The number of hydrogen-bond donors (Lipinski definition) is 1. The number of nitrogens with one attached hydrogen (secondary N) is 1. The number of aryl methyl sites for hydroxylation is 1. The van der Waals surface area contributed by atoms with E-state index < -0.39 is 0 Å². The van der Waals surface area contributed by atoms with Crippen molar-refractivity contribution in [2.75, 3.05) is 0 Å². The van der Waals surface area contributed by atoms with Crippen LogP contribution >= 0.6 is 0 Å². The van der Waals surface area contributed by atoms with Crippen molar-refractivity contribution in [3.8, 4) is 0 Å². The second-order valence-corrected chi connectivity index (χ2v) is 4.79. The molecule has 1 aliphatic heterocycles.